The number of ether oxygens (including phenoxy) is 1. The Morgan fingerprint density at radius 1 is 1.22 bits per heavy atom. The number of esters is 1. The zero-order valence-corrected chi connectivity index (χ0v) is 10.8. The Bertz CT molecular complexity index is 456. The number of nitrogens with one attached hydrogen (secondary N) is 1. The van der Waals surface area contributed by atoms with E-state index in [0.717, 1.165) is 11.1 Å². The molecule has 1 aromatic carbocycles. The number of carbonyl (C=O) groups is 2. The predicted octanol–water partition coefficient (Wildman–Crippen LogP) is 2.44. The van der Waals surface area contributed by atoms with Gasteiger partial charge in [0.1, 0.15) is 0 Å². The largest absolute Gasteiger partial charge is 0.452 e. The third-order valence-corrected chi connectivity index (χ3v) is 2.09. The van der Waals surface area contributed by atoms with Crippen LogP contribution in [0.2, 0.25) is 0 Å². The maximum absolute atomic E-state index is 11.5. The first kappa shape index (κ1) is 14.0. The second-order valence-electron chi connectivity index (χ2n) is 4.24. The van der Waals surface area contributed by atoms with E-state index in [9.17, 15) is 9.59 Å². The molecule has 0 atom stereocenters. The van der Waals surface area contributed by atoms with Crippen LogP contribution in [-0.4, -0.2) is 18.5 Å². The van der Waals surface area contributed by atoms with E-state index < -0.39 is 5.97 Å². The number of allylic oxidation sites excluding steroid dienone is 1. The van der Waals surface area contributed by atoms with Crippen molar-refractivity contribution >= 4 is 17.6 Å². The molecule has 4 heteroatoms. The van der Waals surface area contributed by atoms with Gasteiger partial charge in [0.25, 0.3) is 5.91 Å². The van der Waals surface area contributed by atoms with Gasteiger partial charge in [-0.05, 0) is 32.9 Å². The van der Waals surface area contributed by atoms with Crippen molar-refractivity contribution in [3.8, 4) is 0 Å². The van der Waals surface area contributed by atoms with Gasteiger partial charge in [-0.1, -0.05) is 23.3 Å². The highest BCUT2D eigenvalue weighted by molar-refractivity contribution is 5.93. The maximum atomic E-state index is 11.5. The Morgan fingerprint density at radius 2 is 1.83 bits per heavy atom. The van der Waals surface area contributed by atoms with Crippen LogP contribution in [0.3, 0.4) is 0 Å². The van der Waals surface area contributed by atoms with Gasteiger partial charge in [0, 0.05) is 11.8 Å². The van der Waals surface area contributed by atoms with Gasteiger partial charge in [-0.25, -0.2) is 4.79 Å². The lowest BCUT2D eigenvalue weighted by Gasteiger charge is -2.05. The van der Waals surface area contributed by atoms with Crippen LogP contribution in [0.1, 0.15) is 19.4 Å². The zero-order chi connectivity index (χ0) is 13.5. The molecule has 1 rings (SSSR count). The molecule has 4 nitrogen and oxygen atoms in total. The van der Waals surface area contributed by atoms with Crippen molar-refractivity contribution in [1.82, 2.24) is 0 Å². The number of aryl methyl sites for hydroxylation is 1. The molecule has 0 radical (unpaired) electrons. The van der Waals surface area contributed by atoms with Gasteiger partial charge in [-0.2, -0.15) is 0 Å². The summed E-state index contributed by atoms with van der Waals surface area (Å²) < 4.78 is 4.78. The Balaban J connectivity index is 2.40. The average Bonchev–Trinajstić information content (AvgIpc) is 2.29. The lowest BCUT2D eigenvalue weighted by Crippen LogP contribution is -2.20. The van der Waals surface area contributed by atoms with Crippen molar-refractivity contribution in [2.75, 3.05) is 11.9 Å². The molecule has 18 heavy (non-hydrogen) atoms. The van der Waals surface area contributed by atoms with Crippen molar-refractivity contribution in [1.29, 1.82) is 0 Å². The highest BCUT2D eigenvalue weighted by Crippen LogP contribution is 2.08. The molecule has 1 aromatic rings. The lowest BCUT2D eigenvalue weighted by molar-refractivity contribution is -0.142. The van der Waals surface area contributed by atoms with E-state index in [1.165, 1.54) is 6.08 Å². The first-order chi connectivity index (χ1) is 8.47. The molecule has 0 aliphatic heterocycles. The summed E-state index contributed by atoms with van der Waals surface area (Å²) in [5.74, 6) is -0.858. The van der Waals surface area contributed by atoms with Gasteiger partial charge < -0.3 is 10.1 Å². The van der Waals surface area contributed by atoms with E-state index in [1.807, 2.05) is 19.1 Å². The minimum Gasteiger partial charge on any atom is -0.452 e. The molecule has 0 aliphatic carbocycles. The highest BCUT2D eigenvalue weighted by atomic mass is 16.5. The van der Waals surface area contributed by atoms with Gasteiger partial charge in [-0.3, -0.25) is 4.79 Å². The zero-order valence-electron chi connectivity index (χ0n) is 10.8. The molecular formula is C14H17NO3. The van der Waals surface area contributed by atoms with E-state index in [4.69, 9.17) is 4.74 Å². The second-order valence-corrected chi connectivity index (χ2v) is 4.24. The fourth-order valence-corrected chi connectivity index (χ4v) is 1.25. The molecule has 0 aromatic heterocycles. The van der Waals surface area contributed by atoms with Gasteiger partial charge in [-0.15, -0.1) is 0 Å². The lowest BCUT2D eigenvalue weighted by atomic mass is 10.2. The number of hydrogen-bond donors (Lipinski definition) is 1. The smallest absolute Gasteiger partial charge is 0.331 e. The molecule has 1 amide bonds. The summed E-state index contributed by atoms with van der Waals surface area (Å²) >= 11 is 0. The van der Waals surface area contributed by atoms with E-state index >= 15 is 0 Å². The van der Waals surface area contributed by atoms with Crippen LogP contribution in [0.4, 0.5) is 5.69 Å². The summed E-state index contributed by atoms with van der Waals surface area (Å²) in [6.07, 6.45) is 1.35. The first-order valence-corrected chi connectivity index (χ1v) is 5.65. The van der Waals surface area contributed by atoms with Gasteiger partial charge in [0.2, 0.25) is 0 Å². The van der Waals surface area contributed by atoms with Crippen LogP contribution >= 0.6 is 0 Å². The van der Waals surface area contributed by atoms with Crippen LogP contribution in [0.25, 0.3) is 0 Å². The summed E-state index contributed by atoms with van der Waals surface area (Å²) in [7, 11) is 0. The molecule has 1 N–H and O–H groups in total. The van der Waals surface area contributed by atoms with E-state index in [-0.39, 0.29) is 12.5 Å². The molecule has 0 saturated heterocycles. The van der Waals surface area contributed by atoms with Crippen LogP contribution in [0, 0.1) is 6.92 Å². The summed E-state index contributed by atoms with van der Waals surface area (Å²) in [5, 5.41) is 2.64. The Labute approximate surface area is 107 Å². The molecule has 0 heterocycles. The highest BCUT2D eigenvalue weighted by Gasteiger charge is 2.05. The Hall–Kier alpha value is -2.10. The minimum atomic E-state index is -0.506. The predicted molar refractivity (Wildman–Crippen MR) is 70.2 cm³/mol. The normalized spacial score (nSPS) is 9.50. The number of rotatable bonds is 4. The van der Waals surface area contributed by atoms with Crippen molar-refractivity contribution in [3.05, 3.63) is 41.5 Å². The van der Waals surface area contributed by atoms with Crippen LogP contribution in [0.15, 0.2) is 35.9 Å². The first-order valence-electron chi connectivity index (χ1n) is 5.65. The maximum Gasteiger partial charge on any atom is 0.331 e. The fourth-order valence-electron chi connectivity index (χ4n) is 1.25. The SMILES string of the molecule is CC(C)=CC(=O)OCC(=O)Nc1ccc(C)cc1. The summed E-state index contributed by atoms with van der Waals surface area (Å²) in [6, 6.07) is 7.38. The van der Waals surface area contributed by atoms with Crippen LogP contribution in [-0.2, 0) is 14.3 Å². The van der Waals surface area contributed by atoms with Crippen molar-refractivity contribution in [2.45, 2.75) is 20.8 Å². The fraction of sp³-hybridized carbons (Fsp3) is 0.286. The van der Waals surface area contributed by atoms with E-state index in [0.29, 0.717) is 5.69 Å². The Kier molecular flexibility index (Phi) is 5.11. The van der Waals surface area contributed by atoms with Gasteiger partial charge in [0.05, 0.1) is 0 Å². The summed E-state index contributed by atoms with van der Waals surface area (Å²) in [5.41, 5.74) is 2.63. The quantitative estimate of drug-likeness (QED) is 0.656. The number of benzene rings is 1. The molecule has 0 unspecified atom stereocenters. The topological polar surface area (TPSA) is 55.4 Å². The van der Waals surface area contributed by atoms with E-state index in [2.05, 4.69) is 5.32 Å². The van der Waals surface area contributed by atoms with E-state index in [1.54, 1.807) is 26.0 Å². The number of carbonyl (C=O) groups excluding carboxylic acids is 2. The molecule has 0 bridgehead atoms. The molecule has 96 valence electrons. The molecule has 0 fully saturated rings. The summed E-state index contributed by atoms with van der Waals surface area (Å²) in [6.45, 7) is 5.25. The second kappa shape index (κ2) is 6.59. The number of hydrogen-bond acceptors (Lipinski definition) is 3. The average molecular weight is 247 g/mol. The monoisotopic (exact) mass is 247 g/mol. The third-order valence-electron chi connectivity index (χ3n) is 2.09. The molecule has 0 spiro atoms. The van der Waals surface area contributed by atoms with Gasteiger partial charge >= 0.3 is 5.97 Å². The van der Waals surface area contributed by atoms with Crippen LogP contribution < -0.4 is 5.32 Å². The van der Waals surface area contributed by atoms with Crippen molar-refractivity contribution in [2.24, 2.45) is 0 Å². The minimum absolute atomic E-state index is 0.281. The summed E-state index contributed by atoms with van der Waals surface area (Å²) in [4.78, 5) is 22.7. The standard InChI is InChI=1S/C14H17NO3/c1-10(2)8-14(17)18-9-13(16)15-12-6-4-11(3)5-7-12/h4-8H,9H2,1-3H3,(H,15,16). The number of anilines is 1. The van der Waals surface area contributed by atoms with Gasteiger partial charge in [0.15, 0.2) is 6.61 Å². The molecule has 0 aliphatic rings. The van der Waals surface area contributed by atoms with Crippen LogP contribution in [0.5, 0.6) is 0 Å². The third kappa shape index (κ3) is 5.30. The number of amides is 1. The molecular weight excluding hydrogens is 230 g/mol. The Morgan fingerprint density at radius 3 is 2.39 bits per heavy atom. The molecule has 0 saturated carbocycles. The van der Waals surface area contributed by atoms with Crippen molar-refractivity contribution in [3.63, 3.8) is 0 Å². The van der Waals surface area contributed by atoms with Crippen molar-refractivity contribution < 1.29 is 14.3 Å².